The van der Waals surface area contributed by atoms with E-state index in [-0.39, 0.29) is 17.2 Å². The average Bonchev–Trinajstić information content (AvgIpc) is 3.39. The number of anilines is 1. The summed E-state index contributed by atoms with van der Waals surface area (Å²) in [6, 6.07) is 23.8. The van der Waals surface area contributed by atoms with Crippen molar-refractivity contribution in [2.24, 2.45) is 0 Å². The van der Waals surface area contributed by atoms with Gasteiger partial charge in [0.05, 0.1) is 10.6 Å². The van der Waals surface area contributed by atoms with Gasteiger partial charge in [0.2, 0.25) is 0 Å². The number of carbonyl (C=O) groups is 1. The number of hydrogen-bond donors (Lipinski definition) is 2. The maximum Gasteiger partial charge on any atom is 0.293 e. The SMILES string of the molecule is O=C(NCCc1ccc(-n2cccn2)cc1)c1ccc(NCc2ccccc2)c([N+](=O)[O-])c1. The summed E-state index contributed by atoms with van der Waals surface area (Å²) >= 11 is 0. The van der Waals surface area contributed by atoms with Gasteiger partial charge in [-0.25, -0.2) is 4.68 Å². The van der Waals surface area contributed by atoms with Crippen LogP contribution in [0.3, 0.4) is 0 Å². The minimum absolute atomic E-state index is 0.132. The van der Waals surface area contributed by atoms with E-state index in [1.165, 1.54) is 6.07 Å². The lowest BCUT2D eigenvalue weighted by atomic mass is 10.1. The van der Waals surface area contributed by atoms with Crippen molar-refractivity contribution >= 4 is 17.3 Å². The Balaban J connectivity index is 1.34. The van der Waals surface area contributed by atoms with E-state index in [0.717, 1.165) is 16.8 Å². The second-order valence-electron chi connectivity index (χ2n) is 7.45. The molecule has 0 saturated carbocycles. The quantitative estimate of drug-likeness (QED) is 0.297. The fourth-order valence-electron chi connectivity index (χ4n) is 3.43. The predicted molar refractivity (Wildman–Crippen MR) is 126 cm³/mol. The molecule has 0 saturated heterocycles. The second-order valence-corrected chi connectivity index (χ2v) is 7.45. The number of aromatic nitrogens is 2. The number of benzene rings is 3. The van der Waals surface area contributed by atoms with Crippen LogP contribution in [0, 0.1) is 10.1 Å². The molecule has 0 fully saturated rings. The van der Waals surface area contributed by atoms with E-state index in [0.29, 0.717) is 25.2 Å². The molecule has 4 aromatic rings. The summed E-state index contributed by atoms with van der Waals surface area (Å²) in [4.78, 5) is 23.6. The highest BCUT2D eigenvalue weighted by Gasteiger charge is 2.17. The number of nitrogens with zero attached hydrogens (tertiary/aromatic N) is 3. The van der Waals surface area contributed by atoms with Gasteiger partial charge in [-0.15, -0.1) is 0 Å². The highest BCUT2D eigenvalue weighted by Crippen LogP contribution is 2.26. The van der Waals surface area contributed by atoms with Gasteiger partial charge in [0.15, 0.2) is 0 Å². The van der Waals surface area contributed by atoms with E-state index in [2.05, 4.69) is 15.7 Å². The van der Waals surface area contributed by atoms with Crippen LogP contribution in [0.25, 0.3) is 5.69 Å². The van der Waals surface area contributed by atoms with Crippen LogP contribution < -0.4 is 10.6 Å². The smallest absolute Gasteiger partial charge is 0.293 e. The third kappa shape index (κ3) is 5.62. The normalized spacial score (nSPS) is 10.5. The fraction of sp³-hybridized carbons (Fsp3) is 0.120. The summed E-state index contributed by atoms with van der Waals surface area (Å²) in [5.41, 5.74) is 3.52. The van der Waals surface area contributed by atoms with Crippen molar-refractivity contribution in [1.82, 2.24) is 15.1 Å². The third-order valence-corrected chi connectivity index (χ3v) is 5.19. The molecule has 0 aliphatic heterocycles. The first-order valence-corrected chi connectivity index (χ1v) is 10.5. The van der Waals surface area contributed by atoms with Crippen molar-refractivity contribution in [3.63, 3.8) is 0 Å². The highest BCUT2D eigenvalue weighted by atomic mass is 16.6. The topological polar surface area (TPSA) is 102 Å². The standard InChI is InChI=1S/C25H23N5O3/c31-25(26-15-13-19-7-10-22(11-8-19)29-16-4-14-28-29)21-9-12-23(24(17-21)30(32)33)27-18-20-5-2-1-3-6-20/h1-12,14,16-17,27H,13,15,18H2,(H,26,31). The van der Waals surface area contributed by atoms with Gasteiger partial charge in [0, 0.05) is 37.1 Å². The van der Waals surface area contributed by atoms with E-state index in [1.807, 2.05) is 66.9 Å². The lowest BCUT2D eigenvalue weighted by Gasteiger charge is -2.10. The zero-order chi connectivity index (χ0) is 23.0. The van der Waals surface area contributed by atoms with E-state index >= 15 is 0 Å². The van der Waals surface area contributed by atoms with Crippen LogP contribution in [-0.4, -0.2) is 27.2 Å². The Morgan fingerprint density at radius 1 is 0.970 bits per heavy atom. The van der Waals surface area contributed by atoms with Gasteiger partial charge in [0.1, 0.15) is 5.69 Å². The first-order chi connectivity index (χ1) is 16.1. The van der Waals surface area contributed by atoms with Crippen molar-refractivity contribution < 1.29 is 9.72 Å². The molecule has 0 atom stereocenters. The Morgan fingerprint density at radius 2 is 1.76 bits per heavy atom. The maximum atomic E-state index is 12.5. The number of amides is 1. The zero-order valence-electron chi connectivity index (χ0n) is 17.8. The van der Waals surface area contributed by atoms with Crippen LogP contribution in [0.4, 0.5) is 11.4 Å². The van der Waals surface area contributed by atoms with Gasteiger partial charge in [-0.2, -0.15) is 5.10 Å². The summed E-state index contributed by atoms with van der Waals surface area (Å²) in [7, 11) is 0. The van der Waals surface area contributed by atoms with Crippen molar-refractivity contribution in [2.75, 3.05) is 11.9 Å². The Hall–Kier alpha value is -4.46. The van der Waals surface area contributed by atoms with E-state index in [9.17, 15) is 14.9 Å². The molecule has 4 rings (SSSR count). The molecule has 2 N–H and O–H groups in total. The molecule has 33 heavy (non-hydrogen) atoms. The van der Waals surface area contributed by atoms with Gasteiger partial charge >= 0.3 is 0 Å². The lowest BCUT2D eigenvalue weighted by Crippen LogP contribution is -2.25. The predicted octanol–water partition coefficient (Wildman–Crippen LogP) is 4.37. The summed E-state index contributed by atoms with van der Waals surface area (Å²) < 4.78 is 1.77. The molecule has 0 unspecified atom stereocenters. The van der Waals surface area contributed by atoms with Gasteiger partial charge in [-0.05, 0) is 47.9 Å². The Morgan fingerprint density at radius 3 is 2.45 bits per heavy atom. The summed E-state index contributed by atoms with van der Waals surface area (Å²) in [5.74, 6) is -0.346. The Labute approximate surface area is 191 Å². The van der Waals surface area contributed by atoms with Crippen LogP contribution in [0.15, 0.2) is 91.3 Å². The number of rotatable bonds is 9. The number of nitro groups is 1. The molecule has 3 aromatic carbocycles. The Kier molecular flexibility index (Phi) is 6.75. The molecule has 8 heteroatoms. The Bertz CT molecular complexity index is 1220. The largest absolute Gasteiger partial charge is 0.375 e. The van der Waals surface area contributed by atoms with E-state index < -0.39 is 4.92 Å². The van der Waals surface area contributed by atoms with Crippen LogP contribution in [0.2, 0.25) is 0 Å². The van der Waals surface area contributed by atoms with Crippen molar-refractivity contribution in [3.05, 3.63) is 118 Å². The summed E-state index contributed by atoms with van der Waals surface area (Å²) in [6.45, 7) is 0.869. The molecule has 0 bridgehead atoms. The first kappa shape index (κ1) is 21.8. The summed E-state index contributed by atoms with van der Waals surface area (Å²) in [5, 5.41) is 21.7. The maximum absolute atomic E-state index is 12.5. The van der Waals surface area contributed by atoms with Gasteiger partial charge in [-0.1, -0.05) is 42.5 Å². The molecule has 1 amide bonds. The summed E-state index contributed by atoms with van der Waals surface area (Å²) in [6.07, 6.45) is 4.24. The zero-order valence-corrected chi connectivity index (χ0v) is 17.8. The lowest BCUT2D eigenvalue weighted by molar-refractivity contribution is -0.384. The molecule has 0 radical (unpaired) electrons. The molecular weight excluding hydrogens is 418 g/mol. The van der Waals surface area contributed by atoms with Gasteiger partial charge < -0.3 is 10.6 Å². The van der Waals surface area contributed by atoms with E-state index in [1.54, 1.807) is 23.0 Å². The number of hydrogen-bond acceptors (Lipinski definition) is 5. The highest BCUT2D eigenvalue weighted by molar-refractivity contribution is 5.95. The molecule has 0 spiro atoms. The number of nitrogens with one attached hydrogen (secondary N) is 2. The van der Waals surface area contributed by atoms with Crippen LogP contribution in [-0.2, 0) is 13.0 Å². The molecule has 1 heterocycles. The monoisotopic (exact) mass is 441 g/mol. The molecule has 0 aliphatic rings. The second kappa shape index (κ2) is 10.2. The third-order valence-electron chi connectivity index (χ3n) is 5.19. The minimum atomic E-state index is -0.481. The average molecular weight is 441 g/mol. The first-order valence-electron chi connectivity index (χ1n) is 10.5. The van der Waals surface area contributed by atoms with E-state index in [4.69, 9.17) is 0 Å². The van der Waals surface area contributed by atoms with Crippen molar-refractivity contribution in [1.29, 1.82) is 0 Å². The molecule has 166 valence electrons. The molecular formula is C25H23N5O3. The van der Waals surface area contributed by atoms with Crippen molar-refractivity contribution in [3.8, 4) is 5.69 Å². The van der Waals surface area contributed by atoms with Gasteiger partial charge in [0.25, 0.3) is 11.6 Å². The molecule has 1 aromatic heterocycles. The van der Waals surface area contributed by atoms with Crippen LogP contribution >= 0.6 is 0 Å². The van der Waals surface area contributed by atoms with Crippen molar-refractivity contribution in [2.45, 2.75) is 13.0 Å². The fourth-order valence-corrected chi connectivity index (χ4v) is 3.43. The number of nitro benzene ring substituents is 1. The minimum Gasteiger partial charge on any atom is -0.375 e. The number of carbonyl (C=O) groups excluding carboxylic acids is 1. The van der Waals surface area contributed by atoms with Crippen LogP contribution in [0.1, 0.15) is 21.5 Å². The molecule has 8 nitrogen and oxygen atoms in total. The van der Waals surface area contributed by atoms with Crippen LogP contribution in [0.5, 0.6) is 0 Å². The molecule has 0 aliphatic carbocycles. The van der Waals surface area contributed by atoms with Gasteiger partial charge in [-0.3, -0.25) is 14.9 Å².